The standard InChI is InChI=1S/C16H27NO3/c1-11(2)6-7-12(3)17-10-13-8-14(19-4)16(18)15(9-13)20-5/h8-9,11-12,17-18H,6-7,10H2,1-5H3. The highest BCUT2D eigenvalue weighted by Gasteiger charge is 2.11. The Morgan fingerprint density at radius 2 is 1.60 bits per heavy atom. The van der Waals surface area contributed by atoms with E-state index in [9.17, 15) is 5.11 Å². The number of phenols is 1. The lowest BCUT2D eigenvalue weighted by molar-refractivity contribution is 0.338. The van der Waals surface area contributed by atoms with Gasteiger partial charge in [-0.2, -0.15) is 0 Å². The van der Waals surface area contributed by atoms with Crippen molar-refractivity contribution >= 4 is 0 Å². The summed E-state index contributed by atoms with van der Waals surface area (Å²) in [6.45, 7) is 7.40. The minimum Gasteiger partial charge on any atom is -0.502 e. The number of phenolic OH excluding ortho intramolecular Hbond substituents is 1. The molecule has 1 unspecified atom stereocenters. The molecule has 0 fully saturated rings. The van der Waals surface area contributed by atoms with E-state index < -0.39 is 0 Å². The van der Waals surface area contributed by atoms with Gasteiger partial charge in [-0.25, -0.2) is 0 Å². The van der Waals surface area contributed by atoms with Crippen LogP contribution in [0.25, 0.3) is 0 Å². The molecule has 0 aromatic heterocycles. The number of benzene rings is 1. The van der Waals surface area contributed by atoms with Crippen molar-refractivity contribution in [3.63, 3.8) is 0 Å². The first-order valence-corrected chi connectivity index (χ1v) is 7.15. The van der Waals surface area contributed by atoms with Crippen LogP contribution >= 0.6 is 0 Å². The SMILES string of the molecule is COc1cc(CNC(C)CCC(C)C)cc(OC)c1O. The van der Waals surface area contributed by atoms with E-state index in [1.807, 2.05) is 12.1 Å². The first kappa shape index (κ1) is 16.6. The van der Waals surface area contributed by atoms with Crippen molar-refractivity contribution in [1.82, 2.24) is 5.32 Å². The quantitative estimate of drug-likeness (QED) is 0.767. The molecule has 0 aliphatic carbocycles. The zero-order valence-electron chi connectivity index (χ0n) is 13.2. The lowest BCUT2D eigenvalue weighted by atomic mass is 10.0. The summed E-state index contributed by atoms with van der Waals surface area (Å²) in [5.74, 6) is 1.66. The van der Waals surface area contributed by atoms with Gasteiger partial charge >= 0.3 is 0 Å². The molecule has 4 heteroatoms. The van der Waals surface area contributed by atoms with Crippen molar-refractivity contribution in [2.45, 2.75) is 46.2 Å². The number of methoxy groups -OCH3 is 2. The number of hydrogen-bond donors (Lipinski definition) is 2. The predicted molar refractivity (Wildman–Crippen MR) is 81.6 cm³/mol. The van der Waals surface area contributed by atoms with Crippen molar-refractivity contribution in [2.75, 3.05) is 14.2 Å². The Morgan fingerprint density at radius 3 is 2.05 bits per heavy atom. The van der Waals surface area contributed by atoms with E-state index in [4.69, 9.17) is 9.47 Å². The second-order valence-electron chi connectivity index (χ2n) is 5.60. The van der Waals surface area contributed by atoms with Crippen LogP contribution in [0.4, 0.5) is 0 Å². The summed E-state index contributed by atoms with van der Waals surface area (Å²) in [6, 6.07) is 4.13. The molecule has 114 valence electrons. The maximum atomic E-state index is 9.87. The number of hydrogen-bond acceptors (Lipinski definition) is 4. The topological polar surface area (TPSA) is 50.7 Å². The molecular formula is C16H27NO3. The van der Waals surface area contributed by atoms with Gasteiger partial charge in [0.1, 0.15) is 0 Å². The first-order valence-electron chi connectivity index (χ1n) is 7.15. The second-order valence-corrected chi connectivity index (χ2v) is 5.60. The Kier molecular flexibility index (Phi) is 6.65. The van der Waals surface area contributed by atoms with Crippen LogP contribution < -0.4 is 14.8 Å². The van der Waals surface area contributed by atoms with Gasteiger partial charge in [-0.1, -0.05) is 13.8 Å². The second kappa shape index (κ2) is 8.00. The summed E-state index contributed by atoms with van der Waals surface area (Å²) in [5, 5.41) is 13.3. The van der Waals surface area contributed by atoms with E-state index in [0.717, 1.165) is 24.4 Å². The smallest absolute Gasteiger partial charge is 0.200 e. The summed E-state index contributed by atoms with van der Waals surface area (Å²) in [6.07, 6.45) is 2.38. The van der Waals surface area contributed by atoms with E-state index >= 15 is 0 Å². The van der Waals surface area contributed by atoms with E-state index in [0.29, 0.717) is 17.5 Å². The molecule has 0 saturated carbocycles. The van der Waals surface area contributed by atoms with Gasteiger partial charge in [0.15, 0.2) is 11.5 Å². The van der Waals surface area contributed by atoms with Gasteiger partial charge in [0.25, 0.3) is 0 Å². The molecule has 2 N–H and O–H groups in total. The molecule has 0 spiro atoms. The van der Waals surface area contributed by atoms with Crippen LogP contribution in [-0.2, 0) is 6.54 Å². The third kappa shape index (κ3) is 4.93. The molecule has 1 atom stereocenters. The van der Waals surface area contributed by atoms with Crippen molar-refractivity contribution in [3.05, 3.63) is 17.7 Å². The van der Waals surface area contributed by atoms with E-state index in [1.165, 1.54) is 20.6 Å². The van der Waals surface area contributed by atoms with Crippen LogP contribution in [0.15, 0.2) is 12.1 Å². The number of nitrogens with one attached hydrogen (secondary N) is 1. The molecule has 1 aromatic carbocycles. The number of aromatic hydroxyl groups is 1. The maximum Gasteiger partial charge on any atom is 0.200 e. The fourth-order valence-electron chi connectivity index (χ4n) is 2.03. The minimum atomic E-state index is 0.0478. The zero-order chi connectivity index (χ0) is 15.1. The summed E-state index contributed by atoms with van der Waals surface area (Å²) >= 11 is 0. The normalized spacial score (nSPS) is 12.5. The lowest BCUT2D eigenvalue weighted by Gasteiger charge is -2.16. The van der Waals surface area contributed by atoms with Crippen LogP contribution in [-0.4, -0.2) is 25.4 Å². The van der Waals surface area contributed by atoms with Crippen molar-refractivity contribution in [1.29, 1.82) is 0 Å². The molecule has 0 bridgehead atoms. The summed E-state index contributed by atoms with van der Waals surface area (Å²) in [4.78, 5) is 0. The lowest BCUT2D eigenvalue weighted by Crippen LogP contribution is -2.25. The largest absolute Gasteiger partial charge is 0.502 e. The van der Waals surface area contributed by atoms with Gasteiger partial charge < -0.3 is 19.9 Å². The molecule has 0 aliphatic heterocycles. The predicted octanol–water partition coefficient (Wildman–Crippen LogP) is 3.32. The van der Waals surface area contributed by atoms with Crippen LogP contribution in [0.5, 0.6) is 17.2 Å². The van der Waals surface area contributed by atoms with Gasteiger partial charge in [0.05, 0.1) is 14.2 Å². The molecule has 1 rings (SSSR count). The Hall–Kier alpha value is -1.42. The number of rotatable bonds is 8. The monoisotopic (exact) mass is 281 g/mol. The van der Waals surface area contributed by atoms with Crippen molar-refractivity contribution < 1.29 is 14.6 Å². The minimum absolute atomic E-state index is 0.0478. The van der Waals surface area contributed by atoms with E-state index in [2.05, 4.69) is 26.1 Å². The van der Waals surface area contributed by atoms with Crippen molar-refractivity contribution in [2.24, 2.45) is 5.92 Å². The molecule has 0 amide bonds. The third-order valence-electron chi connectivity index (χ3n) is 3.37. The van der Waals surface area contributed by atoms with Crippen LogP contribution in [0.2, 0.25) is 0 Å². The highest BCUT2D eigenvalue weighted by molar-refractivity contribution is 5.52. The van der Waals surface area contributed by atoms with Crippen molar-refractivity contribution in [3.8, 4) is 17.2 Å². The zero-order valence-corrected chi connectivity index (χ0v) is 13.2. The van der Waals surface area contributed by atoms with E-state index in [1.54, 1.807) is 0 Å². The summed E-state index contributed by atoms with van der Waals surface area (Å²) in [7, 11) is 3.08. The highest BCUT2D eigenvalue weighted by atomic mass is 16.5. The summed E-state index contributed by atoms with van der Waals surface area (Å²) < 4.78 is 10.3. The van der Waals surface area contributed by atoms with Gasteiger partial charge in [-0.15, -0.1) is 0 Å². The molecule has 0 aliphatic rings. The average Bonchev–Trinajstić information content (AvgIpc) is 2.43. The average molecular weight is 281 g/mol. The fourth-order valence-corrected chi connectivity index (χ4v) is 2.03. The molecule has 1 aromatic rings. The van der Waals surface area contributed by atoms with Gasteiger partial charge in [-0.05, 0) is 43.4 Å². The van der Waals surface area contributed by atoms with Crippen LogP contribution in [0.1, 0.15) is 39.2 Å². The molecule has 20 heavy (non-hydrogen) atoms. The Morgan fingerprint density at radius 1 is 1.05 bits per heavy atom. The molecular weight excluding hydrogens is 254 g/mol. The Balaban J connectivity index is 2.63. The highest BCUT2D eigenvalue weighted by Crippen LogP contribution is 2.37. The van der Waals surface area contributed by atoms with Gasteiger partial charge in [0.2, 0.25) is 5.75 Å². The fraction of sp³-hybridized carbons (Fsp3) is 0.625. The van der Waals surface area contributed by atoms with Crippen LogP contribution in [0.3, 0.4) is 0 Å². The Bertz CT molecular complexity index is 393. The number of ether oxygens (including phenoxy) is 2. The van der Waals surface area contributed by atoms with E-state index in [-0.39, 0.29) is 5.75 Å². The molecule has 0 saturated heterocycles. The Labute approximate surface area is 122 Å². The van der Waals surface area contributed by atoms with Gasteiger partial charge in [0, 0.05) is 12.6 Å². The molecule has 0 radical (unpaired) electrons. The third-order valence-corrected chi connectivity index (χ3v) is 3.37. The molecule has 0 heterocycles. The van der Waals surface area contributed by atoms with Crippen LogP contribution in [0, 0.1) is 5.92 Å². The summed E-state index contributed by atoms with van der Waals surface area (Å²) in [5.41, 5.74) is 1.04. The first-order chi connectivity index (χ1) is 9.47. The molecule has 4 nitrogen and oxygen atoms in total. The maximum absolute atomic E-state index is 9.87. The van der Waals surface area contributed by atoms with Gasteiger partial charge in [-0.3, -0.25) is 0 Å².